The van der Waals surface area contributed by atoms with Gasteiger partial charge in [-0.05, 0) is 133 Å². The van der Waals surface area contributed by atoms with Gasteiger partial charge in [0.2, 0.25) is 5.69 Å². The molecule has 77 heavy (non-hydrogen) atoms. The lowest BCUT2D eigenvalue weighted by Crippen LogP contribution is -2.28. The molecule has 19 nitrogen and oxygen atoms in total. The van der Waals surface area contributed by atoms with Crippen LogP contribution in [0.3, 0.4) is 0 Å². The number of aryl methyl sites for hydroxylation is 1. The van der Waals surface area contributed by atoms with Crippen molar-refractivity contribution in [2.24, 2.45) is 0 Å². The lowest BCUT2D eigenvalue weighted by atomic mass is 9.78. The summed E-state index contributed by atoms with van der Waals surface area (Å²) >= 11 is 2.10. The molecular formula is C53H61N2O17S5+. The minimum atomic E-state index is -4.74. The monoisotopic (exact) mass is 1160 g/mol. The molecule has 2 aliphatic rings. The summed E-state index contributed by atoms with van der Waals surface area (Å²) in [6, 6.07) is 21.0. The molecule has 0 fully saturated rings. The molecule has 0 aromatic heterocycles. The highest BCUT2D eigenvalue weighted by Gasteiger charge is 2.46. The number of nitrogens with zero attached hydrogens (tertiary/aromatic N) is 2. The Balaban J connectivity index is 1.44. The van der Waals surface area contributed by atoms with Crippen molar-refractivity contribution in [3.8, 4) is 0 Å². The van der Waals surface area contributed by atoms with Crippen molar-refractivity contribution in [3.63, 3.8) is 0 Å². The van der Waals surface area contributed by atoms with Crippen LogP contribution in [0.4, 0.5) is 11.4 Å². The van der Waals surface area contributed by atoms with Crippen LogP contribution in [0.5, 0.6) is 0 Å². The second kappa shape index (κ2) is 26.0. The fraction of sp³-hybridized carbons (Fsp3) is 0.358. The summed E-state index contributed by atoms with van der Waals surface area (Å²) in [5.41, 5.74) is 5.94. The van der Waals surface area contributed by atoms with Crippen molar-refractivity contribution in [3.05, 3.63) is 125 Å². The van der Waals surface area contributed by atoms with Crippen LogP contribution >= 0.6 is 36.1 Å². The molecule has 5 aromatic carbocycles. The van der Waals surface area contributed by atoms with E-state index in [1.807, 2.05) is 62.4 Å². The first-order chi connectivity index (χ1) is 36.7. The first-order valence-electron chi connectivity index (χ1n) is 24.6. The topological polar surface area (TPSA) is 268 Å². The zero-order chi connectivity index (χ0) is 55.7. The molecule has 0 atom stereocenters. The summed E-state index contributed by atoms with van der Waals surface area (Å²) in [5, 5.41) is 49.5. The van der Waals surface area contributed by atoms with Gasteiger partial charge in [0, 0.05) is 86.9 Å². The second-order valence-electron chi connectivity index (χ2n) is 19.5. The normalized spacial score (nSPS) is 15.9. The van der Waals surface area contributed by atoms with Crippen LogP contribution in [-0.2, 0) is 70.4 Å². The van der Waals surface area contributed by atoms with E-state index >= 15 is 0 Å². The third-order valence-corrected chi connectivity index (χ3v) is 17.4. The molecule has 5 aromatic rings. The van der Waals surface area contributed by atoms with Crippen molar-refractivity contribution in [1.29, 1.82) is 0 Å². The fourth-order valence-corrected chi connectivity index (χ4v) is 13.3. The van der Waals surface area contributed by atoms with E-state index < -0.39 is 41.9 Å². The van der Waals surface area contributed by atoms with Gasteiger partial charge in [-0.2, -0.15) is 21.4 Å². The van der Waals surface area contributed by atoms with Crippen molar-refractivity contribution in [2.45, 2.75) is 123 Å². The number of benzene rings is 5. The number of unbranched alkanes of at least 4 members (excludes halogenated alkanes) is 4. The first kappa shape index (κ1) is 59.9. The standard InChI is InChI=1S/C53H60N2O17S5/c1-6-7-10-26-54-44-23-21-40-41(30-37(74-71-68-59)31-46(40)77(64,65)66)50(44)52(2,3)47(54)24-18-35(36-16-13-15-34(29-36)14-8-9-17-49(56)57)19-25-48-53(4,5)51-42-32-38(76(61,62)63)33-45(75-72-69-60)39(42)20-22-43(51)55(48)27-11-12-28-73-70-67-58/h13,15-16,18-25,29-33H,6-12,14,17,26-28H2,1-5H3,(H5-,56,57,58,59,60,61,62,63,64,65,66)/p+1. The molecule has 0 aliphatic carbocycles. The highest BCUT2D eigenvalue weighted by atomic mass is 32.2. The van der Waals surface area contributed by atoms with Crippen molar-refractivity contribution >= 4 is 107 Å². The average molecular weight is 1160 g/mol. The number of carboxylic acids is 1. The highest BCUT2D eigenvalue weighted by Crippen LogP contribution is 2.53. The fourth-order valence-electron chi connectivity index (χ4n) is 10.4. The van der Waals surface area contributed by atoms with Crippen LogP contribution in [0.25, 0.3) is 27.1 Å². The third kappa shape index (κ3) is 13.8. The van der Waals surface area contributed by atoms with E-state index in [-0.39, 0.29) is 21.1 Å². The molecule has 2 aliphatic heterocycles. The van der Waals surface area contributed by atoms with Crippen LogP contribution in [0, 0.1) is 0 Å². The third-order valence-electron chi connectivity index (χ3n) is 13.8. The van der Waals surface area contributed by atoms with E-state index in [1.54, 1.807) is 18.2 Å². The van der Waals surface area contributed by atoms with Gasteiger partial charge >= 0.3 is 5.97 Å². The van der Waals surface area contributed by atoms with Gasteiger partial charge in [0.25, 0.3) is 20.2 Å². The number of allylic oxidation sites excluding steroid dienone is 6. The van der Waals surface area contributed by atoms with E-state index in [2.05, 4.69) is 61.8 Å². The highest BCUT2D eigenvalue weighted by molar-refractivity contribution is 7.95. The lowest BCUT2D eigenvalue weighted by Gasteiger charge is -2.27. The van der Waals surface area contributed by atoms with E-state index in [4.69, 9.17) is 24.4 Å². The van der Waals surface area contributed by atoms with Gasteiger partial charge in [-0.15, -0.1) is 13.0 Å². The number of anilines is 1. The molecule has 2 heterocycles. The molecule has 0 saturated carbocycles. The van der Waals surface area contributed by atoms with Crippen LogP contribution in [0.2, 0.25) is 0 Å². The predicted octanol–water partition coefficient (Wildman–Crippen LogP) is 12.9. The van der Waals surface area contributed by atoms with Crippen LogP contribution in [0.1, 0.15) is 108 Å². The van der Waals surface area contributed by atoms with Crippen molar-refractivity contribution in [1.82, 2.24) is 0 Å². The van der Waals surface area contributed by atoms with Gasteiger partial charge in [-0.1, -0.05) is 85.1 Å². The van der Waals surface area contributed by atoms with Crippen molar-refractivity contribution < 1.29 is 84.3 Å². The molecule has 0 saturated heterocycles. The summed E-state index contributed by atoms with van der Waals surface area (Å²) in [7, 11) is -9.48. The van der Waals surface area contributed by atoms with Gasteiger partial charge in [-0.3, -0.25) is 13.9 Å². The summed E-state index contributed by atoms with van der Waals surface area (Å²) in [4.78, 5) is 13.4. The number of hydrogen-bond acceptors (Lipinski definition) is 18. The quantitative estimate of drug-likeness (QED) is 0.00517. The maximum Gasteiger partial charge on any atom is 0.303 e. The number of rotatable bonds is 28. The molecule has 24 heteroatoms. The van der Waals surface area contributed by atoms with Gasteiger partial charge in [0.1, 0.15) is 11.4 Å². The lowest BCUT2D eigenvalue weighted by molar-refractivity contribution is -0.438. The molecule has 7 rings (SSSR count). The summed E-state index contributed by atoms with van der Waals surface area (Å²) in [6.45, 7) is 11.4. The van der Waals surface area contributed by atoms with Crippen LogP contribution in [0.15, 0.2) is 122 Å². The van der Waals surface area contributed by atoms with Gasteiger partial charge in [-0.25, -0.2) is 15.8 Å². The Bertz CT molecular complexity index is 3360. The Morgan fingerprint density at radius 1 is 0.740 bits per heavy atom. The minimum Gasteiger partial charge on any atom is -0.481 e. The average Bonchev–Trinajstić information content (AvgIpc) is 3.89. The molecule has 0 amide bonds. The Morgan fingerprint density at radius 2 is 1.47 bits per heavy atom. The largest absolute Gasteiger partial charge is 0.481 e. The van der Waals surface area contributed by atoms with Crippen LogP contribution in [-0.4, -0.2) is 81.9 Å². The second-order valence-corrected chi connectivity index (χ2v) is 24.6. The zero-order valence-electron chi connectivity index (χ0n) is 42.8. The first-order valence-corrected chi connectivity index (χ1v) is 29.9. The Labute approximate surface area is 459 Å². The van der Waals surface area contributed by atoms with E-state index in [0.717, 1.165) is 81.9 Å². The van der Waals surface area contributed by atoms with Gasteiger partial charge in [0.15, 0.2) is 5.71 Å². The predicted molar refractivity (Wildman–Crippen MR) is 295 cm³/mol. The SMILES string of the molecule is CCCCCN1/C(=C/C=C(/C=C/C2=[N+](CCCCSOOO)c3ccc4c(SOOO)cc(S(=O)(=O)O)cc4c3C2(C)C)c2cccc(CCCCC(=O)O)c2)C(C)(C)c2c1ccc1c(S(=O)(=O)O)cc(SOOO)cc21. The van der Waals surface area contributed by atoms with E-state index in [0.29, 0.717) is 96.6 Å². The number of carbonyl (C=O) groups is 1. The maximum absolute atomic E-state index is 12.9. The number of fused-ring (bicyclic) bond motifs is 6. The zero-order valence-corrected chi connectivity index (χ0v) is 46.9. The Hall–Kier alpha value is -4.71. The minimum absolute atomic E-state index is 0.0554. The Morgan fingerprint density at radius 3 is 2.17 bits per heavy atom. The molecule has 0 unspecified atom stereocenters. The number of aliphatic carboxylic acids is 1. The molecule has 414 valence electrons. The van der Waals surface area contributed by atoms with Crippen molar-refractivity contribution in [2.75, 3.05) is 23.7 Å². The molecule has 0 bridgehead atoms. The van der Waals surface area contributed by atoms with Gasteiger partial charge < -0.3 is 10.0 Å². The summed E-state index contributed by atoms with van der Waals surface area (Å²) in [6.07, 6.45) is 14.1. The number of hydrogen-bond donors (Lipinski definition) is 6. The Kier molecular flexibility index (Phi) is 20.3. The summed E-state index contributed by atoms with van der Waals surface area (Å²) < 4.78 is 88.4. The molecular weight excluding hydrogens is 1100 g/mol. The molecule has 6 N–H and O–H groups in total. The molecule has 0 spiro atoms. The maximum atomic E-state index is 12.9. The molecule has 0 radical (unpaired) electrons. The van der Waals surface area contributed by atoms with E-state index in [1.165, 1.54) is 18.2 Å². The van der Waals surface area contributed by atoms with Crippen LogP contribution < -0.4 is 4.90 Å². The smallest absolute Gasteiger partial charge is 0.303 e. The van der Waals surface area contributed by atoms with E-state index in [9.17, 15) is 35.8 Å². The summed E-state index contributed by atoms with van der Waals surface area (Å²) in [5.74, 6) is -0.364. The number of carboxylic acid groups (broad SMARTS) is 1. The van der Waals surface area contributed by atoms with Gasteiger partial charge in [0.05, 0.1) is 34.4 Å².